The lowest BCUT2D eigenvalue weighted by atomic mass is 10.0. The number of hydrogen-bond donors (Lipinski definition) is 0. The molecule has 0 aliphatic heterocycles. The molecule has 0 saturated heterocycles. The first-order valence-corrected chi connectivity index (χ1v) is 20.3. The summed E-state index contributed by atoms with van der Waals surface area (Å²) >= 11 is 3.47. The van der Waals surface area contributed by atoms with Crippen molar-refractivity contribution in [3.63, 3.8) is 0 Å². The Labute approximate surface area is 333 Å². The molecule has 0 spiro atoms. The van der Waals surface area contributed by atoms with Crippen LogP contribution in [0.3, 0.4) is 0 Å². The molecule has 8 heteroatoms. The smallest absolute Gasteiger partial charge is 0.164 e. The Balaban J connectivity index is 1.10. The Morgan fingerprint density at radius 2 is 0.930 bits per heavy atom. The van der Waals surface area contributed by atoms with Crippen molar-refractivity contribution in [3.8, 4) is 56.8 Å². The summed E-state index contributed by atoms with van der Waals surface area (Å²) in [6.07, 6.45) is 0. The second-order valence-electron chi connectivity index (χ2n) is 14.0. The van der Waals surface area contributed by atoms with Crippen LogP contribution in [0.4, 0.5) is 0 Å². The average molecular weight is 766 g/mol. The maximum Gasteiger partial charge on any atom is 0.164 e. The molecule has 0 bridgehead atoms. The molecule has 0 saturated carbocycles. The van der Waals surface area contributed by atoms with Gasteiger partial charge in [-0.25, -0.2) is 24.9 Å². The van der Waals surface area contributed by atoms with Crippen molar-refractivity contribution >= 4 is 85.1 Å². The summed E-state index contributed by atoms with van der Waals surface area (Å²) in [6.45, 7) is 0. The highest BCUT2D eigenvalue weighted by Gasteiger charge is 2.23. The van der Waals surface area contributed by atoms with Crippen molar-refractivity contribution in [2.45, 2.75) is 0 Å². The molecule has 266 valence electrons. The van der Waals surface area contributed by atoms with E-state index in [1.54, 1.807) is 22.7 Å². The highest BCUT2D eigenvalue weighted by Crippen LogP contribution is 2.46. The normalized spacial score (nSPS) is 11.9. The van der Waals surface area contributed by atoms with Gasteiger partial charge in [-0.3, -0.25) is 0 Å². The third-order valence-corrected chi connectivity index (χ3v) is 13.0. The van der Waals surface area contributed by atoms with E-state index in [4.69, 9.17) is 29.3 Å². The van der Waals surface area contributed by atoms with Gasteiger partial charge in [0.2, 0.25) is 0 Å². The van der Waals surface area contributed by atoms with E-state index in [2.05, 4.69) is 91.0 Å². The molecule has 0 amide bonds. The Morgan fingerprint density at radius 1 is 0.368 bits per heavy atom. The van der Waals surface area contributed by atoms with Crippen LogP contribution in [0.5, 0.6) is 0 Å². The molecule has 0 fully saturated rings. The molecule has 12 aromatic rings. The summed E-state index contributed by atoms with van der Waals surface area (Å²) in [4.78, 5) is 26.0. The van der Waals surface area contributed by atoms with Gasteiger partial charge in [0.05, 0.1) is 15.9 Å². The molecule has 0 atom stereocenters. The molecule has 0 N–H and O–H groups in total. The van der Waals surface area contributed by atoms with Gasteiger partial charge in [-0.1, -0.05) is 133 Å². The van der Waals surface area contributed by atoms with Crippen LogP contribution in [-0.2, 0) is 0 Å². The van der Waals surface area contributed by atoms with Crippen LogP contribution in [0.15, 0.2) is 168 Å². The lowest BCUT2D eigenvalue weighted by molar-refractivity contribution is 0.670. The quantitative estimate of drug-likeness (QED) is 0.174. The largest absolute Gasteiger partial charge is 0.455 e. The molecule has 7 aromatic carbocycles. The number of furan rings is 1. The first-order valence-electron chi connectivity index (χ1n) is 18.7. The van der Waals surface area contributed by atoms with Gasteiger partial charge < -0.3 is 4.42 Å². The summed E-state index contributed by atoms with van der Waals surface area (Å²) in [6, 6.07) is 56.1. The van der Waals surface area contributed by atoms with Gasteiger partial charge in [0.1, 0.15) is 11.2 Å². The van der Waals surface area contributed by atoms with E-state index >= 15 is 0 Å². The third kappa shape index (κ3) is 5.12. The van der Waals surface area contributed by atoms with E-state index in [-0.39, 0.29) is 0 Å². The van der Waals surface area contributed by atoms with E-state index in [9.17, 15) is 0 Å². The molecule has 5 aromatic heterocycles. The second-order valence-corrected chi connectivity index (χ2v) is 16.1. The number of para-hydroxylation sites is 2. The first-order chi connectivity index (χ1) is 28.2. The van der Waals surface area contributed by atoms with E-state index < -0.39 is 0 Å². The van der Waals surface area contributed by atoms with Gasteiger partial charge >= 0.3 is 0 Å². The Morgan fingerprint density at radius 3 is 1.72 bits per heavy atom. The van der Waals surface area contributed by atoms with Gasteiger partial charge in [-0.15, -0.1) is 22.7 Å². The van der Waals surface area contributed by atoms with E-state index in [0.29, 0.717) is 23.3 Å². The molecule has 57 heavy (non-hydrogen) atoms. The van der Waals surface area contributed by atoms with Crippen LogP contribution in [0.1, 0.15) is 0 Å². The zero-order valence-electron chi connectivity index (χ0n) is 30.0. The van der Waals surface area contributed by atoms with Crippen molar-refractivity contribution < 1.29 is 4.42 Å². The monoisotopic (exact) mass is 765 g/mol. The summed E-state index contributed by atoms with van der Waals surface area (Å²) < 4.78 is 11.0. The van der Waals surface area contributed by atoms with Crippen molar-refractivity contribution in [2.24, 2.45) is 0 Å². The Hall–Kier alpha value is -7.13. The van der Waals surface area contributed by atoms with Crippen molar-refractivity contribution in [1.29, 1.82) is 0 Å². The Bertz CT molecular complexity index is 3480. The predicted octanol–water partition coefficient (Wildman–Crippen LogP) is 13.6. The average Bonchev–Trinajstić information content (AvgIpc) is 3.98. The first kappa shape index (κ1) is 32.1. The van der Waals surface area contributed by atoms with Gasteiger partial charge in [0.15, 0.2) is 23.3 Å². The lowest BCUT2D eigenvalue weighted by Crippen LogP contribution is -2.00. The number of benzene rings is 7. The lowest BCUT2D eigenvalue weighted by Gasteiger charge is -2.10. The molecule has 0 aliphatic rings. The highest BCUT2D eigenvalue weighted by atomic mass is 32.1. The van der Waals surface area contributed by atoms with Crippen molar-refractivity contribution in [3.05, 3.63) is 164 Å². The van der Waals surface area contributed by atoms with E-state index in [1.165, 1.54) is 4.70 Å². The van der Waals surface area contributed by atoms with Crippen LogP contribution >= 0.6 is 22.7 Å². The van der Waals surface area contributed by atoms with Gasteiger partial charge in [-0.2, -0.15) is 0 Å². The number of nitrogens with zero attached hydrogens (tertiary/aromatic N) is 5. The number of hydrogen-bond acceptors (Lipinski definition) is 8. The number of thiophene rings is 2. The summed E-state index contributed by atoms with van der Waals surface area (Å²) in [5.74, 6) is 2.56. The summed E-state index contributed by atoms with van der Waals surface area (Å²) in [5, 5.41) is 5.47. The molecule has 0 unspecified atom stereocenters. The molecular formula is C49H27N5OS2. The zero-order valence-corrected chi connectivity index (χ0v) is 31.7. The molecule has 6 nitrogen and oxygen atoms in total. The number of aromatic nitrogens is 5. The van der Waals surface area contributed by atoms with Gasteiger partial charge in [0, 0.05) is 68.8 Å². The Kier molecular flexibility index (Phi) is 7.17. The van der Waals surface area contributed by atoms with Crippen LogP contribution in [0.25, 0.3) is 119 Å². The van der Waals surface area contributed by atoms with Gasteiger partial charge in [0.25, 0.3) is 0 Å². The molecule has 0 radical (unpaired) electrons. The molecule has 0 aliphatic carbocycles. The number of fused-ring (bicyclic) bond motifs is 9. The third-order valence-electron chi connectivity index (χ3n) is 10.6. The molecular weight excluding hydrogens is 739 g/mol. The van der Waals surface area contributed by atoms with Crippen LogP contribution < -0.4 is 0 Å². The molecule has 5 heterocycles. The fourth-order valence-corrected chi connectivity index (χ4v) is 10.4. The molecule has 12 rings (SSSR count). The second kappa shape index (κ2) is 12.7. The minimum absolute atomic E-state index is 0.627. The van der Waals surface area contributed by atoms with Crippen LogP contribution in [0, 0.1) is 0 Å². The summed E-state index contributed by atoms with van der Waals surface area (Å²) in [5.41, 5.74) is 8.24. The van der Waals surface area contributed by atoms with E-state index in [0.717, 1.165) is 91.2 Å². The van der Waals surface area contributed by atoms with Crippen molar-refractivity contribution in [1.82, 2.24) is 24.9 Å². The standard InChI is InChI=1S/C49H27N5OS2/c1-3-14-28(15-4-1)46-52-47(29-16-5-2-6-17-29)54-48(53-46)34-22-13-27-39-40(34)33-21-12-24-36(44(33)57-39)49-50-41-32-19-8-10-26-38(32)56-45(41)42(51-49)35-23-11-20-31-30-18-7-9-25-37(30)55-43(31)35/h1-27H. The fraction of sp³-hybridized carbons (Fsp3) is 0. The fourth-order valence-electron chi connectivity index (χ4n) is 7.97. The van der Waals surface area contributed by atoms with Crippen molar-refractivity contribution in [2.75, 3.05) is 0 Å². The predicted molar refractivity (Wildman–Crippen MR) is 236 cm³/mol. The highest BCUT2D eigenvalue weighted by molar-refractivity contribution is 7.26. The topological polar surface area (TPSA) is 77.6 Å². The van der Waals surface area contributed by atoms with E-state index in [1.807, 2.05) is 72.8 Å². The van der Waals surface area contributed by atoms with Crippen LogP contribution in [-0.4, -0.2) is 24.9 Å². The maximum absolute atomic E-state index is 6.58. The zero-order chi connectivity index (χ0) is 37.5. The van der Waals surface area contributed by atoms with Crippen LogP contribution in [0.2, 0.25) is 0 Å². The SMILES string of the molecule is c1ccc(-c2nc(-c3ccccc3)nc(-c3cccc4sc5c(-c6nc(-c7cccc8c7oc7ccccc78)c7sc8ccccc8c7n6)cccc5c34)n2)cc1. The minimum Gasteiger partial charge on any atom is -0.455 e. The minimum atomic E-state index is 0.627. The number of rotatable bonds is 5. The summed E-state index contributed by atoms with van der Waals surface area (Å²) in [7, 11) is 0. The van der Waals surface area contributed by atoms with Gasteiger partial charge in [-0.05, 0) is 30.3 Å². The maximum atomic E-state index is 6.58.